The summed E-state index contributed by atoms with van der Waals surface area (Å²) in [6.07, 6.45) is 2.07. The monoisotopic (exact) mass is 741 g/mol. The normalized spacial score (nSPS) is 18.7. The molecule has 3 amide bonds. The highest BCUT2D eigenvalue weighted by atomic mass is 32.1. The number of benzene rings is 4. The smallest absolute Gasteiger partial charge is 0.333 e. The van der Waals surface area contributed by atoms with Crippen LogP contribution in [-0.2, 0) is 24.5 Å². The predicted molar refractivity (Wildman–Crippen MR) is 210 cm³/mol. The van der Waals surface area contributed by atoms with Crippen molar-refractivity contribution in [3.8, 4) is 5.75 Å². The molecule has 274 valence electrons. The first-order valence-electron chi connectivity index (χ1n) is 17.3. The average Bonchev–Trinajstić information content (AvgIpc) is 3.17. The van der Waals surface area contributed by atoms with Crippen LogP contribution in [0.5, 0.6) is 5.75 Å². The molecule has 4 aromatic carbocycles. The number of nitrogens with zero attached hydrogens (tertiary/aromatic N) is 1. The fourth-order valence-electron chi connectivity index (χ4n) is 7.45. The third-order valence-electron chi connectivity index (χ3n) is 9.98. The number of likely N-dealkylation sites (tertiary alicyclic amines) is 1. The van der Waals surface area contributed by atoms with Crippen LogP contribution in [0.25, 0.3) is 0 Å². The first-order chi connectivity index (χ1) is 24.4. The van der Waals surface area contributed by atoms with Gasteiger partial charge in [-0.25, -0.2) is 4.79 Å². The van der Waals surface area contributed by atoms with Gasteiger partial charge in [0.2, 0.25) is 11.8 Å². The molecule has 1 aliphatic carbocycles. The molecule has 1 heterocycles. The van der Waals surface area contributed by atoms with E-state index in [4.69, 9.17) is 9.47 Å². The van der Waals surface area contributed by atoms with Gasteiger partial charge in [0.25, 0.3) is 5.91 Å². The molecular weight excluding hydrogens is 695 g/mol. The maximum Gasteiger partial charge on any atom is 0.333 e. The van der Waals surface area contributed by atoms with Crippen LogP contribution in [0, 0.1) is 0 Å². The number of fused-ring (bicyclic) bond motifs is 1. The molecule has 0 aromatic heterocycles. The van der Waals surface area contributed by atoms with E-state index in [0.29, 0.717) is 55.6 Å². The Bertz CT molecular complexity index is 1830. The number of carbonyl (C=O) groups excluding carboxylic acids is 4. The summed E-state index contributed by atoms with van der Waals surface area (Å²) in [5, 5.41) is 6.18. The van der Waals surface area contributed by atoms with Gasteiger partial charge < -0.3 is 25.0 Å². The van der Waals surface area contributed by atoms with Gasteiger partial charge in [-0.3, -0.25) is 14.4 Å². The van der Waals surface area contributed by atoms with E-state index < -0.39 is 23.3 Å². The molecule has 1 aliphatic heterocycles. The largest absolute Gasteiger partial charge is 0.496 e. The van der Waals surface area contributed by atoms with Crippen molar-refractivity contribution in [2.24, 2.45) is 0 Å². The molecule has 0 saturated carbocycles. The summed E-state index contributed by atoms with van der Waals surface area (Å²) in [5.74, 6) is -0.953. The molecular formula is C41H47N3O6S2. The Labute approximate surface area is 319 Å². The van der Waals surface area contributed by atoms with Crippen LogP contribution < -0.4 is 15.4 Å². The molecule has 52 heavy (non-hydrogen) atoms. The van der Waals surface area contributed by atoms with Crippen molar-refractivity contribution in [2.45, 2.75) is 56.0 Å². The topological polar surface area (TPSA) is 114 Å². The first kappa shape index (κ1) is 40.0. The van der Waals surface area contributed by atoms with Crippen LogP contribution in [0.2, 0.25) is 0 Å². The summed E-state index contributed by atoms with van der Waals surface area (Å²) in [5.41, 5.74) is 2.31. The van der Waals surface area contributed by atoms with E-state index in [1.807, 2.05) is 83.8 Å². The number of carbonyl (C=O) groups is 4. The number of piperidine rings is 1. The van der Waals surface area contributed by atoms with Gasteiger partial charge in [-0.1, -0.05) is 97.1 Å². The highest BCUT2D eigenvalue weighted by Crippen LogP contribution is 2.48. The zero-order valence-corrected chi connectivity index (χ0v) is 31.5. The number of hydrogen-bond acceptors (Lipinski definition) is 6. The van der Waals surface area contributed by atoms with Gasteiger partial charge >= 0.3 is 5.97 Å². The summed E-state index contributed by atoms with van der Waals surface area (Å²) in [4.78, 5) is 57.1. The molecule has 0 unspecified atom stereocenters. The quantitative estimate of drug-likeness (QED) is 0.195. The summed E-state index contributed by atoms with van der Waals surface area (Å²) in [7, 11) is 1.54. The minimum Gasteiger partial charge on any atom is -0.496 e. The number of hydrogen-bond donors (Lipinski definition) is 2. The minimum absolute atomic E-state index is 0. The molecule has 1 fully saturated rings. The van der Waals surface area contributed by atoms with E-state index >= 15 is 0 Å². The molecule has 3 atom stereocenters. The minimum atomic E-state index is -1.15. The van der Waals surface area contributed by atoms with Crippen molar-refractivity contribution in [2.75, 3.05) is 26.8 Å². The van der Waals surface area contributed by atoms with Gasteiger partial charge in [0.1, 0.15) is 5.75 Å². The summed E-state index contributed by atoms with van der Waals surface area (Å²) in [6, 6.07) is 32.4. The van der Waals surface area contributed by atoms with E-state index in [9.17, 15) is 19.2 Å². The van der Waals surface area contributed by atoms with Gasteiger partial charge in [-0.2, -0.15) is 27.0 Å². The Morgan fingerprint density at radius 3 is 2.10 bits per heavy atom. The van der Waals surface area contributed by atoms with E-state index in [0.717, 1.165) is 16.7 Å². The molecule has 6 rings (SSSR count). The molecule has 11 heteroatoms. The standard InChI is InChI=1S/C41H43N3O6.2H2S/c1-3-50-39(47)36(28-14-6-4-7-15-28)43-40(48)41(29-16-8-5-9-17-29)25-22-32(31-18-10-12-20-34(31)41)38(46)44-26-23-30(24-27-44)42-37(45)33-19-11-13-21-35(33)49-2;;/h4-21,30,32,36H,3,22-27H2,1-2H3,(H,42,45)(H,43,48);2*1H2/t32-,36-,41+;;/m0../s1. The van der Waals surface area contributed by atoms with Crippen molar-refractivity contribution in [1.29, 1.82) is 0 Å². The van der Waals surface area contributed by atoms with E-state index in [-0.39, 0.29) is 57.4 Å². The van der Waals surface area contributed by atoms with Crippen molar-refractivity contribution in [3.63, 3.8) is 0 Å². The van der Waals surface area contributed by atoms with Gasteiger partial charge in [0.15, 0.2) is 6.04 Å². The number of methoxy groups -OCH3 is 1. The van der Waals surface area contributed by atoms with Crippen molar-refractivity contribution in [1.82, 2.24) is 15.5 Å². The second-order valence-corrected chi connectivity index (χ2v) is 12.8. The van der Waals surface area contributed by atoms with Gasteiger partial charge in [0, 0.05) is 19.1 Å². The molecule has 0 radical (unpaired) electrons. The Morgan fingerprint density at radius 2 is 1.42 bits per heavy atom. The van der Waals surface area contributed by atoms with Crippen LogP contribution in [0.15, 0.2) is 109 Å². The third kappa shape index (κ3) is 8.16. The Morgan fingerprint density at radius 1 is 0.808 bits per heavy atom. The summed E-state index contributed by atoms with van der Waals surface area (Å²) < 4.78 is 10.8. The third-order valence-corrected chi connectivity index (χ3v) is 9.98. The predicted octanol–water partition coefficient (Wildman–Crippen LogP) is 5.93. The average molecular weight is 742 g/mol. The lowest BCUT2D eigenvalue weighted by molar-refractivity contribution is -0.148. The molecule has 0 bridgehead atoms. The van der Waals surface area contributed by atoms with E-state index in [2.05, 4.69) is 10.6 Å². The van der Waals surface area contributed by atoms with Crippen LogP contribution in [0.3, 0.4) is 0 Å². The fourth-order valence-corrected chi connectivity index (χ4v) is 7.45. The highest BCUT2D eigenvalue weighted by Gasteiger charge is 2.50. The number of rotatable bonds is 10. The van der Waals surface area contributed by atoms with Crippen LogP contribution >= 0.6 is 27.0 Å². The molecule has 2 aliphatic rings. The second-order valence-electron chi connectivity index (χ2n) is 12.8. The zero-order chi connectivity index (χ0) is 35.1. The van der Waals surface area contributed by atoms with Crippen LogP contribution in [-0.4, -0.2) is 61.4 Å². The maximum atomic E-state index is 14.8. The van der Waals surface area contributed by atoms with Gasteiger partial charge in [-0.15, -0.1) is 0 Å². The molecule has 9 nitrogen and oxygen atoms in total. The number of amides is 3. The van der Waals surface area contributed by atoms with Crippen molar-refractivity contribution >= 4 is 50.7 Å². The van der Waals surface area contributed by atoms with E-state index in [1.165, 1.54) is 0 Å². The number of esters is 1. The van der Waals surface area contributed by atoms with E-state index in [1.54, 1.807) is 44.4 Å². The maximum absolute atomic E-state index is 14.8. The number of ether oxygens (including phenoxy) is 2. The highest BCUT2D eigenvalue weighted by molar-refractivity contribution is 7.59. The lowest BCUT2D eigenvalue weighted by Gasteiger charge is -2.43. The lowest BCUT2D eigenvalue weighted by atomic mass is 9.62. The Kier molecular flexibility index (Phi) is 14.0. The summed E-state index contributed by atoms with van der Waals surface area (Å²) >= 11 is 0. The lowest BCUT2D eigenvalue weighted by Crippen LogP contribution is -2.52. The Hall–Kier alpha value is -4.74. The zero-order valence-electron chi connectivity index (χ0n) is 29.5. The van der Waals surface area contributed by atoms with Crippen molar-refractivity contribution in [3.05, 3.63) is 137 Å². The Balaban J connectivity index is 0.00000302. The number of para-hydroxylation sites is 1. The molecule has 1 saturated heterocycles. The second kappa shape index (κ2) is 18.1. The molecule has 2 N–H and O–H groups in total. The number of nitrogens with one attached hydrogen (secondary N) is 2. The molecule has 0 spiro atoms. The van der Waals surface area contributed by atoms with Crippen LogP contribution in [0.4, 0.5) is 0 Å². The first-order valence-corrected chi connectivity index (χ1v) is 17.3. The SMILES string of the molecule is CCOC(=O)[C@@H](NC(=O)[C@@]1(c2ccccc2)CC[C@H](C(=O)N2CCC(NC(=O)c3ccccc3OC)CC2)c2ccccc21)c1ccccc1.S.S. The van der Waals surface area contributed by atoms with Gasteiger partial charge in [0.05, 0.1) is 30.6 Å². The summed E-state index contributed by atoms with van der Waals surface area (Å²) in [6.45, 7) is 2.94. The molecule has 4 aromatic rings. The fraction of sp³-hybridized carbons (Fsp3) is 0.317. The van der Waals surface area contributed by atoms with Crippen molar-refractivity contribution < 1.29 is 28.7 Å². The van der Waals surface area contributed by atoms with Gasteiger partial charge in [-0.05, 0) is 67.0 Å². The van der Waals surface area contributed by atoms with Crippen LogP contribution in [0.1, 0.15) is 77.2 Å².